The van der Waals surface area contributed by atoms with Crippen molar-refractivity contribution in [3.05, 3.63) is 17.2 Å². The maximum atomic E-state index is 12.2. The van der Waals surface area contributed by atoms with E-state index in [1.54, 1.807) is 0 Å². The molecule has 25 heavy (non-hydrogen) atoms. The Bertz CT molecular complexity index is 737. The third-order valence-electron chi connectivity index (χ3n) is 3.64. The number of rotatable bonds is 8. The molecule has 1 aromatic rings. The Kier molecular flexibility index (Phi) is 6.23. The fourth-order valence-electron chi connectivity index (χ4n) is 2.24. The lowest BCUT2D eigenvalue weighted by molar-refractivity contribution is 0.241. The molecule has 0 atom stereocenters. The molecule has 1 aliphatic carbocycles. The van der Waals surface area contributed by atoms with Crippen molar-refractivity contribution >= 4 is 33.3 Å². The third kappa shape index (κ3) is 5.30. The van der Waals surface area contributed by atoms with E-state index in [2.05, 4.69) is 10.6 Å². The van der Waals surface area contributed by atoms with Crippen molar-refractivity contribution in [1.82, 2.24) is 10.6 Å². The number of nitrogens with one attached hydrogen (secondary N) is 2. The van der Waals surface area contributed by atoms with Gasteiger partial charge in [-0.1, -0.05) is 11.6 Å². The van der Waals surface area contributed by atoms with Crippen LogP contribution in [0.5, 0.6) is 11.5 Å². The molecule has 2 amide bonds. The van der Waals surface area contributed by atoms with Gasteiger partial charge in [-0.2, -0.15) is 0 Å². The number of urea groups is 1. The number of hydrogen-bond acceptors (Lipinski definition) is 5. The van der Waals surface area contributed by atoms with Gasteiger partial charge in [0.05, 0.1) is 37.7 Å². The van der Waals surface area contributed by atoms with Crippen molar-refractivity contribution in [2.75, 3.05) is 37.9 Å². The van der Waals surface area contributed by atoms with E-state index in [4.69, 9.17) is 21.1 Å². The molecule has 1 aromatic carbocycles. The number of sulfonamides is 1. The van der Waals surface area contributed by atoms with Gasteiger partial charge in [0.2, 0.25) is 10.0 Å². The first-order valence-electron chi connectivity index (χ1n) is 7.70. The SMILES string of the molecule is COc1cc(N(CCNC(=O)NC2CC2)S(C)(=O)=O)c(OC)cc1Cl. The zero-order valence-electron chi connectivity index (χ0n) is 14.3. The number of carbonyl (C=O) groups is 1. The number of hydrogen-bond donors (Lipinski definition) is 2. The van der Waals surface area contributed by atoms with Crippen LogP contribution in [0.2, 0.25) is 5.02 Å². The number of ether oxygens (including phenoxy) is 2. The average molecular weight is 392 g/mol. The highest BCUT2D eigenvalue weighted by Crippen LogP contribution is 2.38. The summed E-state index contributed by atoms with van der Waals surface area (Å²) in [6, 6.07) is 2.90. The number of carbonyl (C=O) groups excluding carboxylic acids is 1. The highest BCUT2D eigenvalue weighted by Gasteiger charge is 2.25. The van der Waals surface area contributed by atoms with Crippen LogP contribution < -0.4 is 24.4 Å². The lowest BCUT2D eigenvalue weighted by Crippen LogP contribution is -2.42. The van der Waals surface area contributed by atoms with Crippen LogP contribution in [0.1, 0.15) is 12.8 Å². The number of benzene rings is 1. The smallest absolute Gasteiger partial charge is 0.315 e. The van der Waals surface area contributed by atoms with E-state index in [0.717, 1.165) is 23.4 Å². The normalized spacial score (nSPS) is 13.9. The lowest BCUT2D eigenvalue weighted by Gasteiger charge is -2.25. The van der Waals surface area contributed by atoms with Gasteiger partial charge >= 0.3 is 6.03 Å². The van der Waals surface area contributed by atoms with Crippen LogP contribution in [0.4, 0.5) is 10.5 Å². The first kappa shape index (κ1) is 19.5. The van der Waals surface area contributed by atoms with E-state index >= 15 is 0 Å². The number of methoxy groups -OCH3 is 2. The van der Waals surface area contributed by atoms with Gasteiger partial charge in [0, 0.05) is 24.7 Å². The first-order valence-corrected chi connectivity index (χ1v) is 9.92. The van der Waals surface area contributed by atoms with E-state index in [1.807, 2.05) is 0 Å². The second kappa shape index (κ2) is 8.01. The summed E-state index contributed by atoms with van der Waals surface area (Å²) in [6.07, 6.45) is 3.03. The number of nitrogens with zero attached hydrogens (tertiary/aromatic N) is 1. The van der Waals surface area contributed by atoms with Crippen molar-refractivity contribution in [2.24, 2.45) is 0 Å². The molecule has 0 aliphatic heterocycles. The molecule has 10 heteroatoms. The molecule has 0 spiro atoms. The Morgan fingerprint density at radius 1 is 1.28 bits per heavy atom. The first-order chi connectivity index (χ1) is 11.8. The summed E-state index contributed by atoms with van der Waals surface area (Å²) in [7, 11) is -0.757. The Morgan fingerprint density at radius 2 is 1.92 bits per heavy atom. The summed E-state index contributed by atoms with van der Waals surface area (Å²) in [6.45, 7) is 0.178. The molecule has 2 rings (SSSR count). The predicted molar refractivity (Wildman–Crippen MR) is 96.3 cm³/mol. The summed E-state index contributed by atoms with van der Waals surface area (Å²) < 4.78 is 36.0. The average Bonchev–Trinajstić information content (AvgIpc) is 3.34. The van der Waals surface area contributed by atoms with Gasteiger partial charge in [-0.25, -0.2) is 13.2 Å². The summed E-state index contributed by atoms with van der Waals surface area (Å²) in [5.41, 5.74) is 0.288. The molecule has 2 N–H and O–H groups in total. The monoisotopic (exact) mass is 391 g/mol. The summed E-state index contributed by atoms with van der Waals surface area (Å²) in [5.74, 6) is 0.615. The van der Waals surface area contributed by atoms with Crippen LogP contribution in [-0.2, 0) is 10.0 Å². The molecule has 1 aliphatic rings. The van der Waals surface area contributed by atoms with Crippen molar-refractivity contribution in [3.63, 3.8) is 0 Å². The molecule has 0 radical (unpaired) electrons. The fraction of sp³-hybridized carbons (Fsp3) is 0.533. The van der Waals surface area contributed by atoms with E-state index in [-0.39, 0.29) is 30.8 Å². The van der Waals surface area contributed by atoms with Crippen molar-refractivity contribution in [1.29, 1.82) is 0 Å². The maximum absolute atomic E-state index is 12.2. The van der Waals surface area contributed by atoms with Crippen LogP contribution in [0.25, 0.3) is 0 Å². The molecule has 0 unspecified atom stereocenters. The molecule has 140 valence electrons. The highest BCUT2D eigenvalue weighted by atomic mass is 35.5. The Labute approximate surface area is 152 Å². The number of anilines is 1. The predicted octanol–water partition coefficient (Wildman–Crippen LogP) is 1.58. The van der Waals surface area contributed by atoms with E-state index in [0.29, 0.717) is 16.5 Å². The highest BCUT2D eigenvalue weighted by molar-refractivity contribution is 7.92. The Morgan fingerprint density at radius 3 is 2.44 bits per heavy atom. The van der Waals surface area contributed by atoms with E-state index in [9.17, 15) is 13.2 Å². The molecule has 0 heterocycles. The summed E-state index contributed by atoms with van der Waals surface area (Å²) in [4.78, 5) is 11.7. The zero-order chi connectivity index (χ0) is 18.6. The van der Waals surface area contributed by atoms with Gasteiger partial charge < -0.3 is 20.1 Å². The maximum Gasteiger partial charge on any atom is 0.315 e. The lowest BCUT2D eigenvalue weighted by atomic mass is 10.2. The summed E-state index contributed by atoms with van der Waals surface area (Å²) >= 11 is 6.06. The van der Waals surface area contributed by atoms with Crippen molar-refractivity contribution in [2.45, 2.75) is 18.9 Å². The minimum Gasteiger partial charge on any atom is -0.495 e. The largest absolute Gasteiger partial charge is 0.495 e. The summed E-state index contributed by atoms with van der Waals surface area (Å²) in [5, 5.41) is 5.73. The zero-order valence-corrected chi connectivity index (χ0v) is 15.9. The minimum absolute atomic E-state index is 0.0397. The molecular weight excluding hydrogens is 370 g/mol. The van der Waals surface area contributed by atoms with Gasteiger partial charge in [-0.3, -0.25) is 4.31 Å². The molecule has 0 saturated heterocycles. The van der Waals surface area contributed by atoms with Crippen LogP contribution >= 0.6 is 11.6 Å². The molecule has 0 aromatic heterocycles. The number of amides is 2. The van der Waals surface area contributed by atoms with Gasteiger partial charge in [0.25, 0.3) is 0 Å². The quantitative estimate of drug-likeness (QED) is 0.701. The molecule has 0 bridgehead atoms. The second-order valence-electron chi connectivity index (χ2n) is 5.67. The van der Waals surface area contributed by atoms with Crippen LogP contribution in [0, 0.1) is 0 Å². The van der Waals surface area contributed by atoms with Crippen LogP contribution in [0.15, 0.2) is 12.1 Å². The second-order valence-corrected chi connectivity index (χ2v) is 7.98. The van der Waals surface area contributed by atoms with Crippen molar-refractivity contribution < 1.29 is 22.7 Å². The Hall–Kier alpha value is -1.87. The molecule has 1 fully saturated rings. The van der Waals surface area contributed by atoms with Gasteiger partial charge in [-0.05, 0) is 12.8 Å². The van der Waals surface area contributed by atoms with Gasteiger partial charge in [-0.15, -0.1) is 0 Å². The standard InChI is InChI=1S/C15H22ClN3O5S/c1-23-13-9-12(14(24-2)8-11(13)16)19(25(3,21)22)7-6-17-15(20)18-10-4-5-10/h8-10H,4-7H2,1-3H3,(H2,17,18,20). The number of halogens is 1. The molecular formula is C15H22ClN3O5S. The Balaban J connectivity index is 2.17. The van der Waals surface area contributed by atoms with Gasteiger partial charge in [0.15, 0.2) is 0 Å². The molecule has 8 nitrogen and oxygen atoms in total. The van der Waals surface area contributed by atoms with E-state index < -0.39 is 10.0 Å². The van der Waals surface area contributed by atoms with E-state index in [1.165, 1.54) is 26.4 Å². The third-order valence-corrected chi connectivity index (χ3v) is 5.11. The van der Waals surface area contributed by atoms with Gasteiger partial charge in [0.1, 0.15) is 11.5 Å². The molecule has 1 saturated carbocycles. The van der Waals surface area contributed by atoms with Crippen molar-refractivity contribution in [3.8, 4) is 11.5 Å². The fourth-order valence-corrected chi connectivity index (χ4v) is 3.39. The van der Waals surface area contributed by atoms with Crippen LogP contribution in [-0.4, -0.2) is 54.1 Å². The minimum atomic E-state index is -3.61. The van der Waals surface area contributed by atoms with Crippen LogP contribution in [0.3, 0.4) is 0 Å². The topological polar surface area (TPSA) is 97.0 Å².